The molecule has 1 N–H and O–H groups in total. The van der Waals surface area contributed by atoms with Crippen molar-refractivity contribution in [2.24, 2.45) is 0 Å². The third kappa shape index (κ3) is 3.61. The number of benzene rings is 1. The zero-order chi connectivity index (χ0) is 13.8. The van der Waals surface area contributed by atoms with E-state index in [4.69, 9.17) is 9.47 Å². The van der Waals surface area contributed by atoms with Crippen LogP contribution in [0.15, 0.2) is 16.6 Å². The van der Waals surface area contributed by atoms with E-state index in [9.17, 15) is 0 Å². The minimum absolute atomic E-state index is 0.539. The largest absolute Gasteiger partial charge is 0.496 e. The van der Waals surface area contributed by atoms with Gasteiger partial charge in [0.15, 0.2) is 0 Å². The van der Waals surface area contributed by atoms with Crippen LogP contribution in [0, 0.1) is 0 Å². The summed E-state index contributed by atoms with van der Waals surface area (Å²) in [6, 6.07) is 4.56. The predicted molar refractivity (Wildman–Crippen MR) is 80.0 cm³/mol. The summed E-state index contributed by atoms with van der Waals surface area (Å²) >= 11 is 3.49. The van der Waals surface area contributed by atoms with Crippen LogP contribution in [0.25, 0.3) is 0 Å². The Labute approximate surface area is 123 Å². The van der Waals surface area contributed by atoms with Crippen LogP contribution in [-0.2, 0) is 6.54 Å². The molecule has 0 amide bonds. The molecule has 1 aliphatic heterocycles. The van der Waals surface area contributed by atoms with E-state index < -0.39 is 0 Å². The van der Waals surface area contributed by atoms with Crippen molar-refractivity contribution >= 4 is 15.9 Å². The van der Waals surface area contributed by atoms with E-state index in [0.717, 1.165) is 47.7 Å². The van der Waals surface area contributed by atoms with E-state index in [2.05, 4.69) is 39.1 Å². The van der Waals surface area contributed by atoms with Gasteiger partial charge in [0, 0.05) is 37.8 Å². The Morgan fingerprint density at radius 2 is 2.05 bits per heavy atom. The average Bonchev–Trinajstić information content (AvgIpc) is 2.40. The van der Waals surface area contributed by atoms with Crippen molar-refractivity contribution in [3.05, 3.63) is 22.2 Å². The van der Waals surface area contributed by atoms with Crippen LogP contribution in [0.5, 0.6) is 11.5 Å². The third-order valence-electron chi connectivity index (χ3n) is 3.40. The molecule has 0 bridgehead atoms. The molecule has 1 aliphatic rings. The van der Waals surface area contributed by atoms with Crippen LogP contribution in [-0.4, -0.2) is 44.8 Å². The van der Waals surface area contributed by atoms with Crippen molar-refractivity contribution < 1.29 is 9.47 Å². The van der Waals surface area contributed by atoms with Gasteiger partial charge in [-0.05, 0) is 35.0 Å². The summed E-state index contributed by atoms with van der Waals surface area (Å²) < 4.78 is 11.7. The molecule has 0 aliphatic carbocycles. The molecule has 106 valence electrons. The zero-order valence-electron chi connectivity index (χ0n) is 11.7. The van der Waals surface area contributed by atoms with Crippen LogP contribution in [0.3, 0.4) is 0 Å². The Hall–Kier alpha value is -0.780. The number of nitrogens with zero attached hydrogens (tertiary/aromatic N) is 1. The molecule has 0 spiro atoms. The molecule has 0 saturated carbocycles. The molecular formula is C14H21BrN2O2. The number of methoxy groups -OCH3 is 2. The maximum absolute atomic E-state index is 5.47. The van der Waals surface area contributed by atoms with Gasteiger partial charge in [0.2, 0.25) is 0 Å². The second-order valence-electron chi connectivity index (χ2n) is 4.89. The minimum atomic E-state index is 0.539. The molecule has 1 aromatic rings. The molecule has 1 aromatic carbocycles. The second-order valence-corrected chi connectivity index (χ2v) is 5.74. The minimum Gasteiger partial charge on any atom is -0.496 e. The number of halogens is 1. The summed E-state index contributed by atoms with van der Waals surface area (Å²) in [5.41, 5.74) is 1.16. The molecular weight excluding hydrogens is 308 g/mol. The molecule has 19 heavy (non-hydrogen) atoms. The normalized spacial score (nSPS) is 20.3. The van der Waals surface area contributed by atoms with E-state index in [1.165, 1.54) is 0 Å². The lowest BCUT2D eigenvalue weighted by atomic mass is 10.1. The third-order valence-corrected chi connectivity index (χ3v) is 4.02. The van der Waals surface area contributed by atoms with Crippen molar-refractivity contribution in [3.63, 3.8) is 0 Å². The first-order valence-electron chi connectivity index (χ1n) is 6.50. The standard InChI is InChI=1S/C14H21BrN2O2/c1-10-8-17(5-4-16-10)9-11-6-14(19-3)12(15)7-13(11)18-2/h6-7,10,16H,4-5,8-9H2,1-3H3/t10-/m1/s1. The van der Waals surface area contributed by atoms with Gasteiger partial charge in [0.05, 0.1) is 18.7 Å². The van der Waals surface area contributed by atoms with Crippen molar-refractivity contribution in [1.29, 1.82) is 0 Å². The molecule has 1 heterocycles. The SMILES string of the molecule is COc1cc(CN2CCN[C@H](C)C2)c(OC)cc1Br. The number of hydrogen-bond donors (Lipinski definition) is 1. The molecule has 5 heteroatoms. The second kappa shape index (κ2) is 6.59. The molecule has 2 rings (SSSR count). The highest BCUT2D eigenvalue weighted by atomic mass is 79.9. The van der Waals surface area contributed by atoms with Crippen molar-refractivity contribution in [1.82, 2.24) is 10.2 Å². The Morgan fingerprint density at radius 3 is 2.68 bits per heavy atom. The molecule has 1 atom stereocenters. The fraction of sp³-hybridized carbons (Fsp3) is 0.571. The van der Waals surface area contributed by atoms with E-state index in [1.54, 1.807) is 14.2 Å². The van der Waals surface area contributed by atoms with Gasteiger partial charge in [-0.3, -0.25) is 4.90 Å². The topological polar surface area (TPSA) is 33.7 Å². The highest BCUT2D eigenvalue weighted by Gasteiger charge is 2.18. The summed E-state index contributed by atoms with van der Waals surface area (Å²) in [6.45, 7) is 6.26. The summed E-state index contributed by atoms with van der Waals surface area (Å²) in [4.78, 5) is 2.44. The average molecular weight is 329 g/mol. The molecule has 0 aromatic heterocycles. The smallest absolute Gasteiger partial charge is 0.133 e. The predicted octanol–water partition coefficient (Wildman–Crippen LogP) is 2.26. The lowest BCUT2D eigenvalue weighted by molar-refractivity contribution is 0.197. The van der Waals surface area contributed by atoms with Gasteiger partial charge >= 0.3 is 0 Å². The fourth-order valence-corrected chi connectivity index (χ4v) is 2.93. The number of ether oxygens (including phenoxy) is 2. The first kappa shape index (κ1) is 14.6. The van der Waals surface area contributed by atoms with Gasteiger partial charge in [0.1, 0.15) is 11.5 Å². The van der Waals surface area contributed by atoms with Gasteiger partial charge in [-0.2, -0.15) is 0 Å². The van der Waals surface area contributed by atoms with Crippen LogP contribution in [0.4, 0.5) is 0 Å². The van der Waals surface area contributed by atoms with Gasteiger partial charge in [0.25, 0.3) is 0 Å². The van der Waals surface area contributed by atoms with E-state index in [-0.39, 0.29) is 0 Å². The molecule has 1 fully saturated rings. The number of piperazine rings is 1. The van der Waals surface area contributed by atoms with Gasteiger partial charge < -0.3 is 14.8 Å². The maximum Gasteiger partial charge on any atom is 0.133 e. The number of rotatable bonds is 4. The first-order chi connectivity index (χ1) is 9.13. The van der Waals surface area contributed by atoms with Crippen LogP contribution in [0.1, 0.15) is 12.5 Å². The van der Waals surface area contributed by atoms with Gasteiger partial charge in [-0.1, -0.05) is 0 Å². The number of hydrogen-bond acceptors (Lipinski definition) is 4. The van der Waals surface area contributed by atoms with E-state index in [1.807, 2.05) is 6.07 Å². The molecule has 4 nitrogen and oxygen atoms in total. The van der Waals surface area contributed by atoms with Crippen molar-refractivity contribution in [3.8, 4) is 11.5 Å². The summed E-state index contributed by atoms with van der Waals surface area (Å²) in [7, 11) is 3.39. The summed E-state index contributed by atoms with van der Waals surface area (Å²) in [5, 5.41) is 3.45. The van der Waals surface area contributed by atoms with Crippen LogP contribution in [0.2, 0.25) is 0 Å². The number of nitrogens with one attached hydrogen (secondary N) is 1. The highest BCUT2D eigenvalue weighted by Crippen LogP contribution is 2.33. The van der Waals surface area contributed by atoms with Gasteiger partial charge in [-0.25, -0.2) is 0 Å². The van der Waals surface area contributed by atoms with Crippen LogP contribution >= 0.6 is 15.9 Å². The quantitative estimate of drug-likeness (QED) is 0.919. The Balaban J connectivity index is 2.18. The highest BCUT2D eigenvalue weighted by molar-refractivity contribution is 9.10. The Kier molecular flexibility index (Phi) is 5.07. The monoisotopic (exact) mass is 328 g/mol. The zero-order valence-corrected chi connectivity index (χ0v) is 13.3. The molecule has 0 unspecified atom stereocenters. The Morgan fingerprint density at radius 1 is 1.32 bits per heavy atom. The lowest BCUT2D eigenvalue weighted by Gasteiger charge is -2.32. The molecule has 0 radical (unpaired) electrons. The molecule has 1 saturated heterocycles. The van der Waals surface area contributed by atoms with Crippen LogP contribution < -0.4 is 14.8 Å². The van der Waals surface area contributed by atoms with Gasteiger partial charge in [-0.15, -0.1) is 0 Å². The maximum atomic E-state index is 5.47. The lowest BCUT2D eigenvalue weighted by Crippen LogP contribution is -2.48. The van der Waals surface area contributed by atoms with E-state index in [0.29, 0.717) is 6.04 Å². The summed E-state index contributed by atoms with van der Waals surface area (Å²) in [6.07, 6.45) is 0. The van der Waals surface area contributed by atoms with E-state index >= 15 is 0 Å². The van der Waals surface area contributed by atoms with Crippen molar-refractivity contribution in [2.75, 3.05) is 33.9 Å². The summed E-state index contributed by atoms with van der Waals surface area (Å²) in [5.74, 6) is 1.75. The van der Waals surface area contributed by atoms with Crippen molar-refractivity contribution in [2.45, 2.75) is 19.5 Å². The first-order valence-corrected chi connectivity index (χ1v) is 7.29. The Bertz CT molecular complexity index is 440. The fourth-order valence-electron chi connectivity index (χ4n) is 2.44.